The summed E-state index contributed by atoms with van der Waals surface area (Å²) in [7, 11) is 0. The summed E-state index contributed by atoms with van der Waals surface area (Å²) in [4.78, 5) is 3.94. The molecule has 2 heterocycles. The first kappa shape index (κ1) is 10.2. The van der Waals surface area contributed by atoms with Crippen molar-refractivity contribution >= 4 is 23.2 Å². The Labute approximate surface area is 93.6 Å². The predicted molar refractivity (Wildman–Crippen MR) is 58.9 cm³/mol. The minimum Gasteiger partial charge on any atom is -0.316 e. The third-order valence-corrected chi connectivity index (χ3v) is 3.26. The van der Waals surface area contributed by atoms with E-state index >= 15 is 0 Å². The highest BCUT2D eigenvalue weighted by molar-refractivity contribution is 6.35. The van der Waals surface area contributed by atoms with Crippen LogP contribution in [-0.4, -0.2) is 18.1 Å². The highest BCUT2D eigenvalue weighted by Gasteiger charge is 2.17. The Bertz CT molecular complexity index is 302. The fourth-order valence-electron chi connectivity index (χ4n) is 1.81. The normalized spacial score (nSPS) is 21.4. The molecule has 0 radical (unpaired) electrons. The van der Waals surface area contributed by atoms with Crippen LogP contribution in [0, 0.1) is 5.92 Å². The van der Waals surface area contributed by atoms with Gasteiger partial charge in [0.2, 0.25) is 0 Å². The lowest BCUT2D eigenvalue weighted by Gasteiger charge is -2.10. The number of nitrogens with zero attached hydrogens (tertiary/aromatic N) is 1. The Morgan fingerprint density at radius 1 is 1.36 bits per heavy atom. The van der Waals surface area contributed by atoms with Gasteiger partial charge in [0.1, 0.15) is 0 Å². The molecule has 2 nitrogen and oxygen atoms in total. The molecule has 2 rings (SSSR count). The Kier molecular flexibility index (Phi) is 3.26. The zero-order valence-electron chi connectivity index (χ0n) is 7.76. The molecule has 14 heavy (non-hydrogen) atoms. The van der Waals surface area contributed by atoms with Crippen molar-refractivity contribution in [1.29, 1.82) is 0 Å². The van der Waals surface area contributed by atoms with Crippen LogP contribution in [0.2, 0.25) is 10.0 Å². The first-order valence-electron chi connectivity index (χ1n) is 4.76. The van der Waals surface area contributed by atoms with E-state index in [9.17, 15) is 0 Å². The second-order valence-electron chi connectivity index (χ2n) is 3.64. The Balaban J connectivity index is 2.14. The fourth-order valence-corrected chi connectivity index (χ4v) is 2.33. The van der Waals surface area contributed by atoms with E-state index in [-0.39, 0.29) is 0 Å². The largest absolute Gasteiger partial charge is 0.316 e. The van der Waals surface area contributed by atoms with E-state index in [0.29, 0.717) is 16.0 Å². The number of nitrogens with one attached hydrogen (secondary N) is 1. The highest BCUT2D eigenvalue weighted by atomic mass is 35.5. The molecule has 1 atom stereocenters. The van der Waals surface area contributed by atoms with E-state index in [2.05, 4.69) is 10.3 Å². The molecule has 1 fully saturated rings. The van der Waals surface area contributed by atoms with Crippen molar-refractivity contribution in [2.45, 2.75) is 12.8 Å². The van der Waals surface area contributed by atoms with Crippen molar-refractivity contribution in [3.05, 3.63) is 28.0 Å². The minimum atomic E-state index is 0.660. The summed E-state index contributed by atoms with van der Waals surface area (Å²) in [6.07, 6.45) is 5.47. The molecule has 1 aliphatic heterocycles. The van der Waals surface area contributed by atoms with E-state index < -0.39 is 0 Å². The van der Waals surface area contributed by atoms with Crippen LogP contribution < -0.4 is 5.32 Å². The molecule has 1 aromatic heterocycles. The third-order valence-electron chi connectivity index (χ3n) is 2.61. The molecule has 1 aliphatic rings. The van der Waals surface area contributed by atoms with Gasteiger partial charge in [-0.2, -0.15) is 0 Å². The number of aromatic nitrogens is 1. The average Bonchev–Trinajstić information content (AvgIpc) is 2.64. The fraction of sp³-hybridized carbons (Fsp3) is 0.500. The topological polar surface area (TPSA) is 24.9 Å². The van der Waals surface area contributed by atoms with Gasteiger partial charge in [0.25, 0.3) is 0 Å². The number of rotatable bonds is 2. The van der Waals surface area contributed by atoms with Gasteiger partial charge in [-0.1, -0.05) is 23.2 Å². The lowest BCUT2D eigenvalue weighted by Crippen LogP contribution is -2.11. The van der Waals surface area contributed by atoms with Crippen molar-refractivity contribution in [1.82, 2.24) is 10.3 Å². The van der Waals surface area contributed by atoms with Gasteiger partial charge in [-0.15, -0.1) is 0 Å². The second kappa shape index (κ2) is 4.47. The summed E-state index contributed by atoms with van der Waals surface area (Å²) in [5.74, 6) is 0.660. The van der Waals surface area contributed by atoms with Crippen LogP contribution in [-0.2, 0) is 6.42 Å². The molecule has 0 bridgehead atoms. The molecule has 0 amide bonds. The van der Waals surface area contributed by atoms with Gasteiger partial charge in [0.15, 0.2) is 0 Å². The predicted octanol–water partition coefficient (Wildman–Crippen LogP) is 2.54. The van der Waals surface area contributed by atoms with Gasteiger partial charge in [0.05, 0.1) is 10.0 Å². The smallest absolute Gasteiger partial charge is 0.0636 e. The van der Waals surface area contributed by atoms with Crippen molar-refractivity contribution in [3.63, 3.8) is 0 Å². The molecule has 76 valence electrons. The third kappa shape index (κ3) is 2.19. The summed E-state index contributed by atoms with van der Waals surface area (Å²) >= 11 is 12.1. The summed E-state index contributed by atoms with van der Waals surface area (Å²) in [5, 5.41) is 4.70. The molecule has 0 aliphatic carbocycles. The quantitative estimate of drug-likeness (QED) is 0.845. The summed E-state index contributed by atoms with van der Waals surface area (Å²) in [6.45, 7) is 2.17. The molecule has 0 aromatic carbocycles. The van der Waals surface area contributed by atoms with Gasteiger partial charge in [0, 0.05) is 12.4 Å². The van der Waals surface area contributed by atoms with E-state index in [4.69, 9.17) is 23.2 Å². The van der Waals surface area contributed by atoms with Gasteiger partial charge in [-0.05, 0) is 37.4 Å². The zero-order chi connectivity index (χ0) is 9.97. The maximum atomic E-state index is 6.04. The lowest BCUT2D eigenvalue weighted by molar-refractivity contribution is 0.580. The first-order valence-corrected chi connectivity index (χ1v) is 5.51. The molecule has 1 unspecified atom stereocenters. The van der Waals surface area contributed by atoms with Crippen molar-refractivity contribution in [2.75, 3.05) is 13.1 Å². The molecule has 0 spiro atoms. The summed E-state index contributed by atoms with van der Waals surface area (Å²) in [5.41, 5.74) is 1.04. The Hall–Kier alpha value is -0.310. The highest BCUT2D eigenvalue weighted by Crippen LogP contribution is 2.27. The number of halogens is 2. The number of pyridine rings is 1. The van der Waals surface area contributed by atoms with Crippen LogP contribution in [0.5, 0.6) is 0 Å². The van der Waals surface area contributed by atoms with Gasteiger partial charge in [-0.3, -0.25) is 4.98 Å². The lowest BCUT2D eigenvalue weighted by atomic mass is 9.99. The molecular weight excluding hydrogens is 219 g/mol. The Morgan fingerprint density at radius 3 is 2.64 bits per heavy atom. The molecule has 1 aromatic rings. The van der Waals surface area contributed by atoms with Crippen LogP contribution in [0.4, 0.5) is 0 Å². The van der Waals surface area contributed by atoms with Gasteiger partial charge in [-0.25, -0.2) is 0 Å². The monoisotopic (exact) mass is 230 g/mol. The van der Waals surface area contributed by atoms with Crippen LogP contribution >= 0.6 is 23.2 Å². The molecule has 4 heteroatoms. The molecule has 0 saturated carbocycles. The van der Waals surface area contributed by atoms with Crippen LogP contribution in [0.3, 0.4) is 0 Å². The average molecular weight is 231 g/mol. The van der Waals surface area contributed by atoms with Gasteiger partial charge < -0.3 is 5.32 Å². The maximum Gasteiger partial charge on any atom is 0.0636 e. The molecule has 1 saturated heterocycles. The van der Waals surface area contributed by atoms with E-state index in [1.54, 1.807) is 12.4 Å². The van der Waals surface area contributed by atoms with Crippen LogP contribution in [0.15, 0.2) is 12.4 Å². The van der Waals surface area contributed by atoms with Crippen molar-refractivity contribution in [3.8, 4) is 0 Å². The number of hydrogen-bond donors (Lipinski definition) is 1. The number of hydrogen-bond acceptors (Lipinski definition) is 2. The SMILES string of the molecule is Clc1cncc(Cl)c1CC1CCNC1. The summed E-state index contributed by atoms with van der Waals surface area (Å²) < 4.78 is 0. The van der Waals surface area contributed by atoms with Crippen molar-refractivity contribution < 1.29 is 0 Å². The minimum absolute atomic E-state index is 0.660. The second-order valence-corrected chi connectivity index (χ2v) is 4.46. The van der Waals surface area contributed by atoms with E-state index in [1.165, 1.54) is 6.42 Å². The standard InChI is InChI=1S/C10H12Cl2N2/c11-9-5-14-6-10(12)8(9)3-7-1-2-13-4-7/h5-7,13H,1-4H2. The van der Waals surface area contributed by atoms with Crippen molar-refractivity contribution in [2.24, 2.45) is 5.92 Å². The van der Waals surface area contributed by atoms with Gasteiger partial charge >= 0.3 is 0 Å². The summed E-state index contributed by atoms with van der Waals surface area (Å²) in [6, 6.07) is 0. The van der Waals surface area contributed by atoms with Crippen LogP contribution in [0.25, 0.3) is 0 Å². The first-order chi connectivity index (χ1) is 6.77. The molecule has 1 N–H and O–H groups in total. The van der Waals surface area contributed by atoms with E-state index in [0.717, 1.165) is 25.1 Å². The van der Waals surface area contributed by atoms with Crippen LogP contribution in [0.1, 0.15) is 12.0 Å². The molecular formula is C10H12Cl2N2. The van der Waals surface area contributed by atoms with E-state index in [1.807, 2.05) is 0 Å². The zero-order valence-corrected chi connectivity index (χ0v) is 9.28. The maximum absolute atomic E-state index is 6.04. The Morgan fingerprint density at radius 2 is 2.07 bits per heavy atom.